The largest absolute Gasteiger partial charge is 0.611 e. The molecule has 1 atom stereocenters. The maximum Gasteiger partial charge on any atom is 0.434 e. The number of alkyl halides is 6. The van der Waals surface area contributed by atoms with E-state index < -0.39 is 47.0 Å². The van der Waals surface area contributed by atoms with Gasteiger partial charge in [0, 0.05) is 18.3 Å². The fourth-order valence-corrected chi connectivity index (χ4v) is 3.56. The van der Waals surface area contributed by atoms with Crippen molar-refractivity contribution in [2.75, 3.05) is 12.4 Å². The second-order valence-corrected chi connectivity index (χ2v) is 8.03. The highest BCUT2D eigenvalue weighted by Crippen LogP contribution is 2.35. The summed E-state index contributed by atoms with van der Waals surface area (Å²) in [6.45, 7) is 0.0635. The van der Waals surface area contributed by atoms with Crippen molar-refractivity contribution in [3.05, 3.63) is 58.6 Å². The van der Waals surface area contributed by atoms with E-state index in [1.165, 1.54) is 12.3 Å². The van der Waals surface area contributed by atoms with Gasteiger partial charge in [-0.15, -0.1) is 0 Å². The summed E-state index contributed by atoms with van der Waals surface area (Å²) in [6, 6.07) is 6.65. The number of nitrogens with zero attached hydrogens (tertiary/aromatic N) is 2. The molecule has 0 unspecified atom stereocenters. The molecule has 3 rings (SSSR count). The van der Waals surface area contributed by atoms with Crippen molar-refractivity contribution < 1.29 is 35.6 Å². The van der Waals surface area contributed by atoms with E-state index in [1.807, 2.05) is 0 Å². The van der Waals surface area contributed by atoms with E-state index in [1.54, 1.807) is 6.92 Å². The predicted octanol–water partition coefficient (Wildman–Crippen LogP) is 4.45. The smallest absolute Gasteiger partial charge is 0.434 e. The van der Waals surface area contributed by atoms with Crippen LogP contribution in [0.15, 0.2) is 52.3 Å². The number of hydrogen-bond acceptors (Lipinski definition) is 4. The van der Waals surface area contributed by atoms with Gasteiger partial charge in [0.25, 0.3) is 5.56 Å². The number of pyridine rings is 1. The second-order valence-electron chi connectivity index (χ2n) is 6.29. The van der Waals surface area contributed by atoms with Crippen LogP contribution in [0.2, 0.25) is 0 Å². The van der Waals surface area contributed by atoms with E-state index in [2.05, 4.69) is 9.72 Å². The molecule has 5 nitrogen and oxygen atoms in total. The molecule has 0 bridgehead atoms. The average Bonchev–Trinajstić information content (AvgIpc) is 2.70. The summed E-state index contributed by atoms with van der Waals surface area (Å²) in [5.41, 5.74) is -3.78. The van der Waals surface area contributed by atoms with Crippen LogP contribution in [0.25, 0.3) is 16.8 Å². The number of aromatic nitrogens is 2. The average molecular weight is 464 g/mol. The van der Waals surface area contributed by atoms with Crippen molar-refractivity contribution in [2.45, 2.75) is 24.2 Å². The van der Waals surface area contributed by atoms with Gasteiger partial charge in [-0.3, -0.25) is 9.20 Å². The van der Waals surface area contributed by atoms with Gasteiger partial charge in [-0.05, 0) is 35.8 Å². The molecular formula is C19H14F6N2O3S. The Labute approximate surface area is 174 Å². The minimum atomic E-state index is -4.99. The highest BCUT2D eigenvalue weighted by atomic mass is 32.2. The van der Waals surface area contributed by atoms with Crippen molar-refractivity contribution in [1.82, 2.24) is 9.38 Å². The Kier molecular flexibility index (Phi) is 6.23. The summed E-state index contributed by atoms with van der Waals surface area (Å²) in [7, 11) is 0. The van der Waals surface area contributed by atoms with Crippen molar-refractivity contribution in [1.29, 1.82) is 0 Å². The van der Waals surface area contributed by atoms with Gasteiger partial charge < -0.3 is 9.29 Å². The van der Waals surface area contributed by atoms with Crippen LogP contribution in [0, 0.1) is 0 Å². The highest BCUT2D eigenvalue weighted by Gasteiger charge is 2.38. The molecule has 0 radical (unpaired) electrons. The van der Waals surface area contributed by atoms with Crippen LogP contribution in [-0.2, 0) is 17.4 Å². The lowest BCUT2D eigenvalue weighted by molar-refractivity contribution is -0.153. The zero-order valence-corrected chi connectivity index (χ0v) is 16.6. The van der Waals surface area contributed by atoms with Crippen LogP contribution in [0.3, 0.4) is 0 Å². The van der Waals surface area contributed by atoms with Gasteiger partial charge in [0.05, 0.1) is 5.56 Å². The van der Waals surface area contributed by atoms with Crippen LogP contribution in [0.5, 0.6) is 5.75 Å². The molecule has 12 heteroatoms. The molecule has 0 saturated carbocycles. The van der Waals surface area contributed by atoms with E-state index in [0.29, 0.717) is 0 Å². The standard InChI is InChI=1S/C19H14F6N2O3S/c1-2-31(29)13-7-8-27-14(9-13)26-16(19(23,24)25)15(17(27)28)11-3-5-12(6-4-11)30-10-18(20,21)22/h3-9H,2,10H2,1H3/t31-/m1/s1. The number of fused-ring (bicyclic) bond motifs is 1. The second kappa shape index (κ2) is 8.42. The number of ether oxygens (including phenoxy) is 1. The topological polar surface area (TPSA) is 66.7 Å². The first kappa shape index (κ1) is 22.9. The lowest BCUT2D eigenvalue weighted by atomic mass is 10.0. The van der Waals surface area contributed by atoms with Gasteiger partial charge >= 0.3 is 12.4 Å². The fourth-order valence-electron chi connectivity index (χ4n) is 2.78. The van der Waals surface area contributed by atoms with E-state index in [0.717, 1.165) is 34.7 Å². The van der Waals surface area contributed by atoms with Crippen LogP contribution in [-0.4, -0.2) is 32.5 Å². The third-order valence-corrected chi connectivity index (χ3v) is 5.45. The van der Waals surface area contributed by atoms with Crippen molar-refractivity contribution >= 4 is 16.8 Å². The molecule has 0 aliphatic rings. The number of rotatable bonds is 5. The summed E-state index contributed by atoms with van der Waals surface area (Å²) >= 11 is -1.46. The van der Waals surface area contributed by atoms with Gasteiger partial charge in [0.15, 0.2) is 17.2 Å². The number of halogens is 6. The number of hydrogen-bond donors (Lipinski definition) is 0. The molecule has 0 N–H and O–H groups in total. The van der Waals surface area contributed by atoms with E-state index >= 15 is 0 Å². The number of benzene rings is 1. The lowest BCUT2D eigenvalue weighted by Crippen LogP contribution is -2.24. The Morgan fingerprint density at radius 1 is 1.10 bits per heavy atom. The minimum Gasteiger partial charge on any atom is -0.611 e. The van der Waals surface area contributed by atoms with Crippen LogP contribution >= 0.6 is 0 Å². The van der Waals surface area contributed by atoms with Gasteiger partial charge in [0.2, 0.25) is 0 Å². The zero-order valence-electron chi connectivity index (χ0n) is 15.8. The Balaban J connectivity index is 2.13. The summed E-state index contributed by atoms with van der Waals surface area (Å²) in [5, 5.41) is 0. The van der Waals surface area contributed by atoms with Crippen molar-refractivity contribution in [3.8, 4) is 16.9 Å². The summed E-state index contributed by atoms with van der Waals surface area (Å²) in [4.78, 5) is 16.7. The van der Waals surface area contributed by atoms with Crippen molar-refractivity contribution in [3.63, 3.8) is 0 Å². The SMILES string of the molecule is CC[S@@+]([O-])c1ccn2c(=O)c(-c3ccc(OCC(F)(F)F)cc3)c(C(F)(F)F)nc2c1. The first-order chi connectivity index (χ1) is 14.4. The van der Waals surface area contributed by atoms with Gasteiger partial charge in [-0.2, -0.15) is 26.3 Å². The normalized spacial score (nSPS) is 13.4. The Bertz CT molecular complexity index is 1140. The van der Waals surface area contributed by atoms with E-state index in [4.69, 9.17) is 0 Å². The molecule has 0 aliphatic heterocycles. The first-order valence-corrected chi connectivity index (χ1v) is 10.0. The first-order valence-electron chi connectivity index (χ1n) is 8.72. The van der Waals surface area contributed by atoms with Gasteiger partial charge in [0.1, 0.15) is 17.1 Å². The highest BCUT2D eigenvalue weighted by molar-refractivity contribution is 7.91. The van der Waals surface area contributed by atoms with E-state index in [9.17, 15) is 35.7 Å². The summed E-state index contributed by atoms with van der Waals surface area (Å²) in [5.74, 6) is 0.00285. The molecule has 0 saturated heterocycles. The van der Waals surface area contributed by atoms with Crippen LogP contribution in [0.4, 0.5) is 26.3 Å². The Hall–Kier alpha value is -2.73. The molecule has 166 valence electrons. The predicted molar refractivity (Wildman–Crippen MR) is 100 cm³/mol. The molecule has 3 aromatic rings. The molecule has 0 fully saturated rings. The van der Waals surface area contributed by atoms with Crippen molar-refractivity contribution in [2.24, 2.45) is 0 Å². The third-order valence-electron chi connectivity index (χ3n) is 4.14. The molecule has 0 spiro atoms. The summed E-state index contributed by atoms with van der Waals surface area (Å²) < 4.78 is 95.2. The summed E-state index contributed by atoms with van der Waals surface area (Å²) in [6.07, 6.45) is -8.39. The van der Waals surface area contributed by atoms with Gasteiger partial charge in [-0.1, -0.05) is 12.1 Å². The molecule has 1 aromatic carbocycles. The maximum atomic E-state index is 13.7. The Morgan fingerprint density at radius 3 is 2.29 bits per heavy atom. The van der Waals surface area contributed by atoms with E-state index in [-0.39, 0.29) is 27.6 Å². The Morgan fingerprint density at radius 2 is 1.74 bits per heavy atom. The maximum absolute atomic E-state index is 13.7. The van der Waals surface area contributed by atoms with Crippen LogP contribution < -0.4 is 10.3 Å². The lowest BCUT2D eigenvalue weighted by Gasteiger charge is -2.15. The molecule has 0 amide bonds. The molecule has 2 aromatic heterocycles. The zero-order chi connectivity index (χ0) is 23.0. The van der Waals surface area contributed by atoms with Gasteiger partial charge in [-0.25, -0.2) is 4.98 Å². The molecule has 31 heavy (non-hydrogen) atoms. The molecule has 2 heterocycles. The monoisotopic (exact) mass is 464 g/mol. The third kappa shape index (κ3) is 5.13. The minimum absolute atomic E-state index is 0.195. The fraction of sp³-hybridized carbons (Fsp3) is 0.263. The molecular weight excluding hydrogens is 450 g/mol. The molecule has 0 aliphatic carbocycles. The quantitative estimate of drug-likeness (QED) is 0.414. The van der Waals surface area contributed by atoms with Crippen LogP contribution in [0.1, 0.15) is 12.6 Å².